The molecule has 0 bridgehead atoms. The number of hydrogen-bond donors (Lipinski definition) is 2. The first-order chi connectivity index (χ1) is 9.00. The third-order valence-electron chi connectivity index (χ3n) is 2.39. The fraction of sp³-hybridized carbons (Fsp3) is 0. The van der Waals surface area contributed by atoms with Gasteiger partial charge in [-0.2, -0.15) is 0 Å². The number of benzene rings is 2. The number of nitrogens with one attached hydrogen (secondary N) is 1. The molecule has 2 aromatic carbocycles. The van der Waals surface area contributed by atoms with Gasteiger partial charge in [-0.1, -0.05) is 35.5 Å². The highest BCUT2D eigenvalue weighted by Crippen LogP contribution is 2.37. The monoisotopic (exact) mass is 358 g/mol. The summed E-state index contributed by atoms with van der Waals surface area (Å²) >= 11 is 10.4. The fourth-order valence-corrected chi connectivity index (χ4v) is 3.28. The lowest BCUT2D eigenvalue weighted by Crippen LogP contribution is -2.12. The van der Waals surface area contributed by atoms with Gasteiger partial charge in [-0.25, -0.2) is 4.39 Å². The van der Waals surface area contributed by atoms with E-state index in [1.807, 2.05) is 18.2 Å². The summed E-state index contributed by atoms with van der Waals surface area (Å²) in [6.07, 6.45) is 0. The minimum Gasteiger partial charge on any atom is -0.384 e. The van der Waals surface area contributed by atoms with Crippen LogP contribution in [0, 0.1) is 11.2 Å². The van der Waals surface area contributed by atoms with Crippen LogP contribution < -0.4 is 5.73 Å². The lowest BCUT2D eigenvalue weighted by Gasteiger charge is -2.09. The summed E-state index contributed by atoms with van der Waals surface area (Å²) in [5.74, 6) is -0.627. The Labute approximate surface area is 127 Å². The van der Waals surface area contributed by atoms with Gasteiger partial charge in [0.05, 0.1) is 9.50 Å². The molecule has 0 aliphatic heterocycles. The Kier molecular flexibility index (Phi) is 4.50. The molecule has 0 amide bonds. The van der Waals surface area contributed by atoms with Gasteiger partial charge in [-0.15, -0.1) is 0 Å². The topological polar surface area (TPSA) is 49.9 Å². The van der Waals surface area contributed by atoms with E-state index >= 15 is 0 Å². The Morgan fingerprint density at radius 1 is 1.21 bits per heavy atom. The van der Waals surface area contributed by atoms with Crippen molar-refractivity contribution in [2.45, 2.75) is 9.79 Å². The molecule has 98 valence electrons. The molecule has 0 spiro atoms. The van der Waals surface area contributed by atoms with Crippen LogP contribution in [0.1, 0.15) is 5.56 Å². The smallest absolute Gasteiger partial charge is 0.152 e. The predicted molar refractivity (Wildman–Crippen MR) is 80.7 cm³/mol. The quantitative estimate of drug-likeness (QED) is 0.617. The molecule has 3 N–H and O–H groups in total. The highest BCUT2D eigenvalue weighted by Gasteiger charge is 2.14. The standard InChI is InChI=1S/C13H9BrClFN2S/c14-11-7(13(17)18)5-6-10(12(11)16)19-9-4-2-1-3-8(9)15/h1-6H,(H3,17,18). The number of rotatable bonds is 3. The zero-order valence-electron chi connectivity index (χ0n) is 9.58. The number of nitrogens with two attached hydrogens (primary N) is 1. The van der Waals surface area contributed by atoms with Crippen molar-refractivity contribution in [3.8, 4) is 0 Å². The molecular weight excluding hydrogens is 351 g/mol. The van der Waals surface area contributed by atoms with Gasteiger partial charge in [0.25, 0.3) is 0 Å². The van der Waals surface area contributed by atoms with Gasteiger partial charge in [0.2, 0.25) is 0 Å². The molecule has 19 heavy (non-hydrogen) atoms. The van der Waals surface area contributed by atoms with Crippen molar-refractivity contribution in [2.75, 3.05) is 0 Å². The summed E-state index contributed by atoms with van der Waals surface area (Å²) in [6, 6.07) is 10.4. The van der Waals surface area contributed by atoms with Crippen LogP contribution in [0.15, 0.2) is 50.7 Å². The van der Waals surface area contributed by atoms with E-state index in [9.17, 15) is 4.39 Å². The second-order valence-corrected chi connectivity index (χ2v) is 5.97. The Morgan fingerprint density at radius 2 is 1.89 bits per heavy atom. The van der Waals surface area contributed by atoms with Crippen LogP contribution >= 0.6 is 39.3 Å². The highest BCUT2D eigenvalue weighted by atomic mass is 79.9. The van der Waals surface area contributed by atoms with Crippen molar-refractivity contribution >= 4 is 45.1 Å². The van der Waals surface area contributed by atoms with Crippen LogP contribution in [0.2, 0.25) is 5.02 Å². The van der Waals surface area contributed by atoms with E-state index < -0.39 is 5.82 Å². The maximum Gasteiger partial charge on any atom is 0.152 e. The number of amidine groups is 1. The second-order valence-electron chi connectivity index (χ2n) is 3.69. The average molecular weight is 360 g/mol. The molecule has 0 saturated carbocycles. The summed E-state index contributed by atoms with van der Waals surface area (Å²) in [5, 5.41) is 7.92. The first kappa shape index (κ1) is 14.4. The van der Waals surface area contributed by atoms with Crippen LogP contribution in [-0.4, -0.2) is 5.84 Å². The summed E-state index contributed by atoms with van der Waals surface area (Å²) in [4.78, 5) is 1.19. The normalized spacial score (nSPS) is 10.5. The Balaban J connectivity index is 2.40. The van der Waals surface area contributed by atoms with Crippen molar-refractivity contribution in [2.24, 2.45) is 5.73 Å². The van der Waals surface area contributed by atoms with Crippen molar-refractivity contribution in [1.29, 1.82) is 5.41 Å². The second kappa shape index (κ2) is 5.94. The van der Waals surface area contributed by atoms with Gasteiger partial charge in [-0.05, 0) is 40.2 Å². The summed E-state index contributed by atoms with van der Waals surface area (Å²) < 4.78 is 14.4. The number of halogens is 3. The Hall–Kier alpha value is -1.04. The third kappa shape index (κ3) is 3.11. The van der Waals surface area contributed by atoms with Crippen LogP contribution in [0.4, 0.5) is 4.39 Å². The molecule has 0 aliphatic carbocycles. The van der Waals surface area contributed by atoms with Crippen LogP contribution in [0.25, 0.3) is 0 Å². The molecule has 0 aliphatic rings. The van der Waals surface area contributed by atoms with E-state index in [1.165, 1.54) is 11.8 Å². The largest absolute Gasteiger partial charge is 0.384 e. The van der Waals surface area contributed by atoms with E-state index in [-0.39, 0.29) is 10.3 Å². The van der Waals surface area contributed by atoms with Crippen molar-refractivity contribution in [1.82, 2.24) is 0 Å². The minimum absolute atomic E-state index is 0.180. The Bertz CT molecular complexity index is 649. The lowest BCUT2D eigenvalue weighted by molar-refractivity contribution is 0.594. The Morgan fingerprint density at radius 3 is 2.53 bits per heavy atom. The molecule has 0 fully saturated rings. The summed E-state index contributed by atoms with van der Waals surface area (Å²) in [7, 11) is 0. The summed E-state index contributed by atoms with van der Waals surface area (Å²) in [5.41, 5.74) is 5.70. The molecule has 0 aromatic heterocycles. The molecule has 2 rings (SSSR count). The van der Waals surface area contributed by atoms with E-state index in [0.29, 0.717) is 15.5 Å². The maximum absolute atomic E-state index is 14.2. The lowest BCUT2D eigenvalue weighted by atomic mass is 10.2. The van der Waals surface area contributed by atoms with Gasteiger partial charge in [0.1, 0.15) is 5.84 Å². The van der Waals surface area contributed by atoms with Gasteiger partial charge in [0, 0.05) is 15.4 Å². The predicted octanol–water partition coefficient (Wildman–Crippen LogP) is 4.68. The van der Waals surface area contributed by atoms with E-state index in [1.54, 1.807) is 18.2 Å². The van der Waals surface area contributed by atoms with Gasteiger partial charge in [-0.3, -0.25) is 5.41 Å². The molecule has 0 saturated heterocycles. The van der Waals surface area contributed by atoms with Crippen LogP contribution in [0.3, 0.4) is 0 Å². The summed E-state index contributed by atoms with van der Waals surface area (Å²) in [6.45, 7) is 0. The molecule has 0 radical (unpaired) electrons. The molecular formula is C13H9BrClFN2S. The van der Waals surface area contributed by atoms with Crippen LogP contribution in [0.5, 0.6) is 0 Å². The molecule has 2 nitrogen and oxygen atoms in total. The molecule has 6 heteroatoms. The first-order valence-corrected chi connectivity index (χ1v) is 7.24. The van der Waals surface area contributed by atoms with Gasteiger partial charge in [0.15, 0.2) is 5.82 Å². The first-order valence-electron chi connectivity index (χ1n) is 5.25. The van der Waals surface area contributed by atoms with E-state index in [2.05, 4.69) is 15.9 Å². The van der Waals surface area contributed by atoms with Gasteiger partial charge < -0.3 is 5.73 Å². The zero-order chi connectivity index (χ0) is 14.0. The van der Waals surface area contributed by atoms with E-state index in [4.69, 9.17) is 22.7 Å². The third-order valence-corrected chi connectivity index (χ3v) is 4.72. The van der Waals surface area contributed by atoms with Crippen molar-refractivity contribution in [3.63, 3.8) is 0 Å². The highest BCUT2D eigenvalue weighted by molar-refractivity contribution is 9.10. The number of hydrogen-bond acceptors (Lipinski definition) is 2. The number of nitrogen functional groups attached to an aromatic ring is 1. The molecule has 0 atom stereocenters. The van der Waals surface area contributed by atoms with Gasteiger partial charge >= 0.3 is 0 Å². The molecule has 2 aromatic rings. The molecule has 0 heterocycles. The zero-order valence-corrected chi connectivity index (χ0v) is 12.7. The molecule has 0 unspecified atom stereocenters. The van der Waals surface area contributed by atoms with Crippen molar-refractivity contribution < 1.29 is 4.39 Å². The van der Waals surface area contributed by atoms with E-state index in [0.717, 1.165) is 4.90 Å². The minimum atomic E-state index is -0.447. The SMILES string of the molecule is N=C(N)c1ccc(Sc2ccccc2Cl)c(F)c1Br. The average Bonchev–Trinajstić information content (AvgIpc) is 2.37. The maximum atomic E-state index is 14.2. The van der Waals surface area contributed by atoms with Crippen molar-refractivity contribution in [3.05, 3.63) is 57.3 Å². The van der Waals surface area contributed by atoms with Crippen LogP contribution in [-0.2, 0) is 0 Å². The fourth-order valence-electron chi connectivity index (χ4n) is 1.46.